The Bertz CT molecular complexity index is 534. The largest absolute Gasteiger partial charge is 0.496 e. The van der Waals surface area contributed by atoms with Gasteiger partial charge in [0.2, 0.25) is 0 Å². The summed E-state index contributed by atoms with van der Waals surface area (Å²) in [5.41, 5.74) is 5.94. The molecule has 1 amide bonds. The highest BCUT2D eigenvalue weighted by molar-refractivity contribution is 6.31. The predicted octanol–water partition coefficient (Wildman–Crippen LogP) is 2.19. The third kappa shape index (κ3) is 4.26. The Kier molecular flexibility index (Phi) is 6.30. The quantitative estimate of drug-likeness (QED) is 0.365. The van der Waals surface area contributed by atoms with Crippen LogP contribution in [0.3, 0.4) is 0 Å². The number of rotatable bonds is 6. The fourth-order valence-corrected chi connectivity index (χ4v) is 2.07. The summed E-state index contributed by atoms with van der Waals surface area (Å²) in [6.07, 6.45) is 0. The minimum Gasteiger partial charge on any atom is -0.496 e. The molecule has 7 heteroatoms. The number of methoxy groups -OCH3 is 1. The molecule has 1 unspecified atom stereocenters. The van der Waals surface area contributed by atoms with Crippen molar-refractivity contribution < 1.29 is 14.7 Å². The number of amides is 1. The number of ether oxygens (including phenoxy) is 1. The Balaban J connectivity index is 3.01. The maximum atomic E-state index is 12.6. The van der Waals surface area contributed by atoms with Crippen molar-refractivity contribution >= 4 is 23.3 Å². The van der Waals surface area contributed by atoms with Gasteiger partial charge in [-0.2, -0.15) is 0 Å². The lowest BCUT2D eigenvalue weighted by Gasteiger charge is -2.25. The fourth-order valence-electron chi connectivity index (χ4n) is 1.90. The van der Waals surface area contributed by atoms with E-state index in [1.165, 1.54) is 7.11 Å². The van der Waals surface area contributed by atoms with Crippen molar-refractivity contribution in [1.82, 2.24) is 4.90 Å². The highest BCUT2D eigenvalue weighted by Crippen LogP contribution is 2.24. The summed E-state index contributed by atoms with van der Waals surface area (Å²) in [5.74, 6) is 0.0668. The van der Waals surface area contributed by atoms with Gasteiger partial charge >= 0.3 is 0 Å². The minimum absolute atomic E-state index is 0.0827. The molecule has 21 heavy (non-hydrogen) atoms. The molecule has 0 radical (unpaired) electrons. The minimum atomic E-state index is -0.260. The fraction of sp³-hybridized carbons (Fsp3) is 0.429. The van der Waals surface area contributed by atoms with E-state index in [1.54, 1.807) is 30.0 Å². The topological polar surface area (TPSA) is 88.1 Å². The first-order chi connectivity index (χ1) is 9.94. The summed E-state index contributed by atoms with van der Waals surface area (Å²) in [4.78, 5) is 14.2. The Morgan fingerprint density at radius 3 is 2.76 bits per heavy atom. The van der Waals surface area contributed by atoms with E-state index < -0.39 is 0 Å². The average molecular weight is 314 g/mol. The van der Waals surface area contributed by atoms with Gasteiger partial charge in [0.15, 0.2) is 0 Å². The SMILES string of the molecule is CCN(CC(C)C(N)=NO)C(=O)c1cc(Cl)ccc1OC. The molecule has 0 fully saturated rings. The van der Waals surface area contributed by atoms with Gasteiger partial charge in [0.1, 0.15) is 11.6 Å². The Hall–Kier alpha value is -1.95. The van der Waals surface area contributed by atoms with Crippen LogP contribution in [0.5, 0.6) is 5.75 Å². The molecule has 0 aliphatic rings. The normalized spacial score (nSPS) is 12.9. The maximum absolute atomic E-state index is 12.6. The molecule has 0 bridgehead atoms. The number of nitrogens with zero attached hydrogens (tertiary/aromatic N) is 2. The number of nitrogens with two attached hydrogens (primary N) is 1. The summed E-state index contributed by atoms with van der Waals surface area (Å²) in [6, 6.07) is 4.88. The number of carbonyl (C=O) groups is 1. The van der Waals surface area contributed by atoms with Crippen LogP contribution >= 0.6 is 11.6 Å². The standard InChI is InChI=1S/C14H20ClN3O3/c1-4-18(8-9(2)13(16)17-20)14(19)11-7-10(15)5-6-12(11)21-3/h5-7,9,20H,4,8H2,1-3H3,(H2,16,17). The van der Waals surface area contributed by atoms with Gasteiger partial charge in [-0.1, -0.05) is 23.7 Å². The van der Waals surface area contributed by atoms with Crippen molar-refractivity contribution in [1.29, 1.82) is 0 Å². The lowest BCUT2D eigenvalue weighted by atomic mass is 10.1. The highest BCUT2D eigenvalue weighted by atomic mass is 35.5. The van der Waals surface area contributed by atoms with Crippen molar-refractivity contribution in [2.45, 2.75) is 13.8 Å². The third-order valence-electron chi connectivity index (χ3n) is 3.18. The van der Waals surface area contributed by atoms with Gasteiger partial charge in [0, 0.05) is 24.0 Å². The molecular formula is C14H20ClN3O3. The molecule has 3 N–H and O–H groups in total. The predicted molar refractivity (Wildman–Crippen MR) is 82.2 cm³/mol. The van der Waals surface area contributed by atoms with Crippen molar-refractivity contribution in [3.63, 3.8) is 0 Å². The lowest BCUT2D eigenvalue weighted by Crippen LogP contribution is -2.38. The van der Waals surface area contributed by atoms with Crippen LogP contribution in [-0.4, -0.2) is 42.0 Å². The zero-order chi connectivity index (χ0) is 16.0. The third-order valence-corrected chi connectivity index (χ3v) is 3.41. The second-order valence-corrected chi connectivity index (χ2v) is 5.05. The summed E-state index contributed by atoms with van der Waals surface area (Å²) in [6.45, 7) is 4.45. The lowest BCUT2D eigenvalue weighted by molar-refractivity contribution is 0.0750. The second kappa shape index (κ2) is 7.73. The van der Waals surface area contributed by atoms with Crippen LogP contribution < -0.4 is 10.5 Å². The van der Waals surface area contributed by atoms with Gasteiger partial charge in [-0.25, -0.2) is 0 Å². The molecular weight excluding hydrogens is 294 g/mol. The van der Waals surface area contributed by atoms with E-state index in [0.29, 0.717) is 29.4 Å². The van der Waals surface area contributed by atoms with Gasteiger partial charge in [0.25, 0.3) is 5.91 Å². The summed E-state index contributed by atoms with van der Waals surface area (Å²) < 4.78 is 5.20. The molecule has 1 aromatic carbocycles. The molecule has 0 saturated carbocycles. The van der Waals surface area contributed by atoms with E-state index in [4.69, 9.17) is 27.3 Å². The van der Waals surface area contributed by atoms with Crippen molar-refractivity contribution in [3.05, 3.63) is 28.8 Å². The van der Waals surface area contributed by atoms with Gasteiger partial charge in [-0.15, -0.1) is 0 Å². The molecule has 0 aromatic heterocycles. The van der Waals surface area contributed by atoms with Crippen LogP contribution in [0.4, 0.5) is 0 Å². The number of amidine groups is 1. The highest BCUT2D eigenvalue weighted by Gasteiger charge is 2.22. The first-order valence-corrected chi connectivity index (χ1v) is 6.92. The number of carbonyl (C=O) groups excluding carboxylic acids is 1. The molecule has 0 spiro atoms. The van der Waals surface area contributed by atoms with E-state index >= 15 is 0 Å². The Morgan fingerprint density at radius 2 is 2.24 bits per heavy atom. The Morgan fingerprint density at radius 1 is 1.57 bits per heavy atom. The molecule has 0 aliphatic heterocycles. The van der Waals surface area contributed by atoms with E-state index in [9.17, 15) is 4.79 Å². The van der Waals surface area contributed by atoms with E-state index in [-0.39, 0.29) is 17.7 Å². The molecule has 0 aliphatic carbocycles. The Labute approximate surface area is 129 Å². The molecule has 1 rings (SSSR count). The second-order valence-electron chi connectivity index (χ2n) is 4.61. The van der Waals surface area contributed by atoms with Crippen molar-refractivity contribution in [3.8, 4) is 5.75 Å². The molecule has 0 heterocycles. The van der Waals surface area contributed by atoms with Crippen LogP contribution in [0.25, 0.3) is 0 Å². The van der Waals surface area contributed by atoms with Gasteiger partial charge in [-0.05, 0) is 25.1 Å². The number of hydrogen-bond donors (Lipinski definition) is 2. The average Bonchev–Trinajstić information content (AvgIpc) is 2.50. The zero-order valence-corrected chi connectivity index (χ0v) is 13.1. The molecule has 6 nitrogen and oxygen atoms in total. The van der Waals surface area contributed by atoms with Crippen LogP contribution in [-0.2, 0) is 0 Å². The summed E-state index contributed by atoms with van der Waals surface area (Å²) in [5, 5.41) is 12.1. The van der Waals surface area contributed by atoms with Crippen molar-refractivity contribution in [2.24, 2.45) is 16.8 Å². The molecule has 0 saturated heterocycles. The maximum Gasteiger partial charge on any atom is 0.257 e. The monoisotopic (exact) mass is 313 g/mol. The first kappa shape index (κ1) is 17.1. The number of halogens is 1. The van der Waals surface area contributed by atoms with E-state index in [2.05, 4.69) is 5.16 Å². The molecule has 1 atom stereocenters. The number of oxime groups is 1. The van der Waals surface area contributed by atoms with Gasteiger partial charge in [-0.3, -0.25) is 4.79 Å². The van der Waals surface area contributed by atoms with E-state index in [0.717, 1.165) is 0 Å². The summed E-state index contributed by atoms with van der Waals surface area (Å²) in [7, 11) is 1.50. The first-order valence-electron chi connectivity index (χ1n) is 6.54. The zero-order valence-electron chi connectivity index (χ0n) is 12.3. The summed E-state index contributed by atoms with van der Waals surface area (Å²) >= 11 is 5.95. The number of benzene rings is 1. The molecule has 1 aromatic rings. The van der Waals surface area contributed by atoms with Crippen LogP contribution in [0.2, 0.25) is 5.02 Å². The van der Waals surface area contributed by atoms with Gasteiger partial charge in [0.05, 0.1) is 12.7 Å². The van der Waals surface area contributed by atoms with E-state index in [1.807, 2.05) is 6.92 Å². The van der Waals surface area contributed by atoms with Crippen LogP contribution in [0, 0.1) is 5.92 Å². The molecule has 116 valence electrons. The smallest absolute Gasteiger partial charge is 0.257 e. The van der Waals surface area contributed by atoms with Gasteiger partial charge < -0.3 is 20.6 Å². The van der Waals surface area contributed by atoms with Crippen molar-refractivity contribution in [2.75, 3.05) is 20.2 Å². The number of hydrogen-bond acceptors (Lipinski definition) is 4. The van der Waals surface area contributed by atoms with Crippen LogP contribution in [0.15, 0.2) is 23.4 Å². The van der Waals surface area contributed by atoms with Crippen LogP contribution in [0.1, 0.15) is 24.2 Å².